The largest absolute Gasteiger partial charge is 0.461 e. The van der Waals surface area contributed by atoms with Gasteiger partial charge in [-0.2, -0.15) is 0 Å². The molecular weight excluding hydrogens is 677 g/mol. The predicted molar refractivity (Wildman–Crippen MR) is 239 cm³/mol. The molecule has 0 saturated heterocycles. The molecule has 9 aromatic rings. The second-order valence-electron chi connectivity index (χ2n) is 16.3. The van der Waals surface area contributed by atoms with E-state index in [1.54, 1.807) is 0 Å². The van der Waals surface area contributed by atoms with Crippen LogP contribution in [-0.2, 0) is 11.8 Å². The van der Waals surface area contributed by atoms with Crippen molar-refractivity contribution in [2.45, 2.75) is 46.0 Å². The van der Waals surface area contributed by atoms with Crippen LogP contribution in [0.4, 0.5) is 0 Å². The summed E-state index contributed by atoms with van der Waals surface area (Å²) in [4.78, 5) is 0. The van der Waals surface area contributed by atoms with Crippen molar-refractivity contribution >= 4 is 61.0 Å². The van der Waals surface area contributed by atoms with E-state index >= 15 is 0 Å². The fraction of sp³-hybridized carbons (Fsp3) is 0.127. The highest BCUT2D eigenvalue weighted by Gasteiger charge is 2.37. The van der Waals surface area contributed by atoms with Gasteiger partial charge in [0.2, 0.25) is 0 Å². The van der Waals surface area contributed by atoms with Gasteiger partial charge < -0.3 is 4.42 Å². The van der Waals surface area contributed by atoms with Gasteiger partial charge in [0, 0.05) is 16.4 Å². The van der Waals surface area contributed by atoms with Gasteiger partial charge in [-0.25, -0.2) is 0 Å². The van der Waals surface area contributed by atoms with Crippen molar-refractivity contribution in [3.8, 4) is 33.4 Å². The third-order valence-corrected chi connectivity index (χ3v) is 12.8. The van der Waals surface area contributed by atoms with Crippen molar-refractivity contribution in [3.05, 3.63) is 185 Å². The maximum Gasteiger partial charge on any atom is 0.135 e. The molecule has 0 amide bonds. The van der Waals surface area contributed by atoms with Crippen LogP contribution in [0.5, 0.6) is 0 Å². The average molecular weight is 719 g/mol. The molecule has 56 heavy (non-hydrogen) atoms. The highest BCUT2D eigenvalue weighted by Crippen LogP contribution is 2.54. The zero-order valence-corrected chi connectivity index (χ0v) is 32.3. The van der Waals surface area contributed by atoms with Crippen LogP contribution in [0, 0.1) is 6.92 Å². The number of rotatable bonds is 4. The van der Waals surface area contributed by atoms with Crippen molar-refractivity contribution in [1.29, 1.82) is 0 Å². The normalized spacial score (nSPS) is 14.5. The summed E-state index contributed by atoms with van der Waals surface area (Å²) < 4.78 is 6.35. The molecule has 0 aliphatic heterocycles. The summed E-state index contributed by atoms with van der Waals surface area (Å²) in [6.45, 7) is 8.91. The van der Waals surface area contributed by atoms with E-state index in [1.807, 2.05) is 0 Å². The molecular formula is C55H42O. The third-order valence-electron chi connectivity index (χ3n) is 12.8. The predicted octanol–water partition coefficient (Wildman–Crippen LogP) is 15.4. The van der Waals surface area contributed by atoms with E-state index in [9.17, 15) is 0 Å². The molecule has 8 aromatic carbocycles. The summed E-state index contributed by atoms with van der Waals surface area (Å²) in [6.07, 6.45) is 8.75. The van der Waals surface area contributed by atoms with Crippen LogP contribution in [0.15, 0.2) is 150 Å². The second-order valence-corrected chi connectivity index (χ2v) is 16.3. The number of allylic oxidation sites excluding steroid dienone is 2. The minimum absolute atomic E-state index is 0.164. The number of furan rings is 1. The van der Waals surface area contributed by atoms with E-state index in [0.29, 0.717) is 0 Å². The highest BCUT2D eigenvalue weighted by atomic mass is 16.3. The monoisotopic (exact) mass is 718 g/mol. The second kappa shape index (κ2) is 12.3. The summed E-state index contributed by atoms with van der Waals surface area (Å²) in [7, 11) is 0. The summed E-state index contributed by atoms with van der Waals surface area (Å²) >= 11 is 0. The lowest BCUT2D eigenvalue weighted by Gasteiger charge is -2.23. The molecule has 0 saturated carbocycles. The molecule has 0 bridgehead atoms. The Morgan fingerprint density at radius 3 is 1.91 bits per heavy atom. The third kappa shape index (κ3) is 4.80. The Kier molecular flexibility index (Phi) is 7.23. The molecule has 1 heterocycles. The molecule has 0 fully saturated rings. The van der Waals surface area contributed by atoms with Gasteiger partial charge in [0.15, 0.2) is 0 Å². The van der Waals surface area contributed by atoms with Crippen LogP contribution < -0.4 is 0 Å². The van der Waals surface area contributed by atoms with Crippen molar-refractivity contribution in [3.63, 3.8) is 0 Å². The van der Waals surface area contributed by atoms with Crippen molar-refractivity contribution in [2.75, 3.05) is 0 Å². The van der Waals surface area contributed by atoms with Crippen LogP contribution in [0.1, 0.15) is 66.3 Å². The van der Waals surface area contributed by atoms with Crippen LogP contribution in [0.25, 0.3) is 94.4 Å². The van der Waals surface area contributed by atoms with Crippen molar-refractivity contribution in [1.82, 2.24) is 0 Å². The molecule has 0 N–H and O–H groups in total. The van der Waals surface area contributed by atoms with E-state index in [2.05, 4.69) is 185 Å². The number of benzene rings is 8. The Bertz CT molecular complexity index is 3110. The summed E-state index contributed by atoms with van der Waals surface area (Å²) in [5, 5.41) is 8.84. The standard InChI is InChI=1S/C55H42O/c1-5-13-41-33(2)56-51-32-47-38(30-48(41)51)25-27-49-54(47)46-26-24-40(31-50(46)55(49,3)4)53-44-18-11-9-16-42(44)52(43-17-10-12-19-45(43)53)39-23-22-36-28-35(20-21-37(36)29-39)34-14-7-6-8-15-34/h5-19,22-32H,20-21H2,1-4H3/b13-5-. The molecule has 1 aromatic heterocycles. The molecule has 0 atom stereocenters. The van der Waals surface area contributed by atoms with Gasteiger partial charge in [-0.1, -0.05) is 153 Å². The fourth-order valence-corrected chi connectivity index (χ4v) is 10.1. The Hall–Kier alpha value is -6.44. The molecule has 0 unspecified atom stereocenters. The highest BCUT2D eigenvalue weighted by molar-refractivity contribution is 6.21. The van der Waals surface area contributed by atoms with Crippen LogP contribution in [-0.4, -0.2) is 0 Å². The maximum absolute atomic E-state index is 6.35. The van der Waals surface area contributed by atoms with Gasteiger partial charge in [-0.15, -0.1) is 0 Å². The van der Waals surface area contributed by atoms with Gasteiger partial charge >= 0.3 is 0 Å². The van der Waals surface area contributed by atoms with Crippen molar-refractivity contribution < 1.29 is 4.42 Å². The van der Waals surface area contributed by atoms with E-state index < -0.39 is 0 Å². The van der Waals surface area contributed by atoms with Crippen LogP contribution >= 0.6 is 0 Å². The average Bonchev–Trinajstić information content (AvgIpc) is 3.66. The van der Waals surface area contributed by atoms with E-state index in [0.717, 1.165) is 24.2 Å². The first-order valence-corrected chi connectivity index (χ1v) is 20.0. The van der Waals surface area contributed by atoms with Crippen LogP contribution in [0.3, 0.4) is 0 Å². The first-order chi connectivity index (χ1) is 27.4. The molecule has 2 aliphatic rings. The zero-order valence-electron chi connectivity index (χ0n) is 32.3. The Morgan fingerprint density at radius 1 is 0.554 bits per heavy atom. The van der Waals surface area contributed by atoms with E-state index in [4.69, 9.17) is 4.42 Å². The molecule has 0 radical (unpaired) electrons. The lowest BCUT2D eigenvalue weighted by molar-refractivity contribution is 0.578. The van der Waals surface area contributed by atoms with Gasteiger partial charge in [0.05, 0.1) is 0 Å². The maximum atomic E-state index is 6.35. The SMILES string of the molecule is C/C=C\c1c(C)oc2cc3c4c(ccc3cc12)C(C)(C)c1cc(-c2c3ccccc3c(-c3ccc5c(c3)CCC(c3ccccc3)=C5)c3ccccc23)ccc1-4. The smallest absolute Gasteiger partial charge is 0.135 e. The molecule has 268 valence electrons. The molecule has 11 rings (SSSR count). The fourth-order valence-electron chi connectivity index (χ4n) is 10.1. The Morgan fingerprint density at radius 2 is 1.21 bits per heavy atom. The minimum atomic E-state index is -0.164. The number of hydrogen-bond donors (Lipinski definition) is 0. The number of aryl methyl sites for hydroxylation is 2. The summed E-state index contributed by atoms with van der Waals surface area (Å²) in [6, 6.07) is 52.6. The number of hydrogen-bond acceptors (Lipinski definition) is 1. The number of fused-ring (bicyclic) bond motifs is 9. The summed E-state index contributed by atoms with van der Waals surface area (Å²) in [5.41, 5.74) is 18.0. The van der Waals surface area contributed by atoms with Gasteiger partial charge in [0.1, 0.15) is 11.3 Å². The quantitative estimate of drug-likeness (QED) is 0.165. The molecule has 1 nitrogen and oxygen atoms in total. The van der Waals surface area contributed by atoms with Gasteiger partial charge in [-0.3, -0.25) is 0 Å². The topological polar surface area (TPSA) is 13.1 Å². The Balaban J connectivity index is 1.08. The molecule has 2 aliphatic carbocycles. The minimum Gasteiger partial charge on any atom is -0.461 e. The van der Waals surface area contributed by atoms with Crippen molar-refractivity contribution in [2.24, 2.45) is 0 Å². The van der Waals surface area contributed by atoms with Gasteiger partial charge in [-0.05, 0) is 144 Å². The lowest BCUT2D eigenvalue weighted by atomic mass is 9.80. The summed E-state index contributed by atoms with van der Waals surface area (Å²) in [5.74, 6) is 0.960. The zero-order chi connectivity index (χ0) is 37.7. The Labute approximate surface area is 328 Å². The van der Waals surface area contributed by atoms with Crippen LogP contribution in [0.2, 0.25) is 0 Å². The van der Waals surface area contributed by atoms with Gasteiger partial charge in [0.25, 0.3) is 0 Å². The van der Waals surface area contributed by atoms with E-state index in [-0.39, 0.29) is 5.41 Å². The first-order valence-electron chi connectivity index (χ1n) is 20.0. The lowest BCUT2D eigenvalue weighted by Crippen LogP contribution is -2.15. The van der Waals surface area contributed by atoms with E-state index in [1.165, 1.54) is 110 Å². The molecule has 0 spiro atoms. The first kappa shape index (κ1) is 32.9. The molecule has 1 heteroatoms.